The highest BCUT2D eigenvalue weighted by atomic mass is 16.3. The molecule has 0 aliphatic heterocycles. The van der Waals surface area contributed by atoms with E-state index >= 15 is 0 Å². The van der Waals surface area contributed by atoms with Crippen molar-refractivity contribution in [3.63, 3.8) is 0 Å². The molecule has 2 aromatic rings. The largest absolute Gasteiger partial charge is 0.508 e. The van der Waals surface area contributed by atoms with Gasteiger partial charge in [-0.2, -0.15) is 0 Å². The number of aliphatic hydroxyl groups excluding tert-OH is 2. The molecule has 2 aromatic carbocycles. The van der Waals surface area contributed by atoms with Crippen molar-refractivity contribution in [3.8, 4) is 5.75 Å². The van der Waals surface area contributed by atoms with Crippen molar-refractivity contribution in [2.45, 2.75) is 70.8 Å². The van der Waals surface area contributed by atoms with Crippen LogP contribution in [0, 0.1) is 35.5 Å². The smallest absolute Gasteiger partial charge is 0.255 e. The van der Waals surface area contributed by atoms with E-state index in [4.69, 9.17) is 5.73 Å². The number of fused-ring (bicyclic) bond motifs is 3. The fourth-order valence-corrected chi connectivity index (χ4v) is 8.64. The number of primary amides is 1. The van der Waals surface area contributed by atoms with Crippen LogP contribution >= 0.6 is 0 Å². The molecule has 4 aliphatic rings. The fourth-order valence-electron chi connectivity index (χ4n) is 8.64. The lowest BCUT2D eigenvalue weighted by atomic mass is 9.54. The number of nitrogens with two attached hydrogens (primary N) is 1. The van der Waals surface area contributed by atoms with Gasteiger partial charge in [0.1, 0.15) is 22.8 Å². The summed E-state index contributed by atoms with van der Waals surface area (Å²) in [7, 11) is 0. The number of benzene rings is 2. The van der Waals surface area contributed by atoms with Gasteiger partial charge < -0.3 is 26.2 Å². The monoisotopic (exact) mass is 599 g/mol. The molecular weight excluding hydrogens is 558 g/mol. The fraction of sp³-hybridized carbons (Fsp3) is 0.472. The highest BCUT2D eigenvalue weighted by Crippen LogP contribution is 2.55. The third-order valence-corrected chi connectivity index (χ3v) is 10.8. The maximum absolute atomic E-state index is 14.1. The van der Waals surface area contributed by atoms with E-state index in [1.54, 1.807) is 13.8 Å². The number of aromatic hydroxyl groups is 1. The van der Waals surface area contributed by atoms with E-state index in [0.29, 0.717) is 18.3 Å². The minimum atomic E-state index is -2.59. The van der Waals surface area contributed by atoms with Crippen molar-refractivity contribution < 1.29 is 34.8 Å². The van der Waals surface area contributed by atoms with Crippen LogP contribution in [0.1, 0.15) is 68.2 Å². The Morgan fingerprint density at radius 1 is 0.955 bits per heavy atom. The second kappa shape index (κ2) is 11.2. The molecule has 232 valence electrons. The predicted octanol–water partition coefficient (Wildman–Crippen LogP) is 4.90. The molecule has 0 heterocycles. The molecule has 0 bridgehead atoms. The van der Waals surface area contributed by atoms with Crippen LogP contribution in [-0.4, -0.2) is 43.5 Å². The first-order valence-corrected chi connectivity index (χ1v) is 15.8. The summed E-state index contributed by atoms with van der Waals surface area (Å²) in [6.07, 6.45) is 6.79. The highest BCUT2D eigenvalue weighted by molar-refractivity contribution is 6.23. The van der Waals surface area contributed by atoms with Gasteiger partial charge in [-0.05, 0) is 97.8 Å². The Balaban J connectivity index is 1.31. The quantitative estimate of drug-likeness (QED) is 0.296. The van der Waals surface area contributed by atoms with Crippen LogP contribution < -0.4 is 5.73 Å². The summed E-state index contributed by atoms with van der Waals surface area (Å²) < 4.78 is 0. The number of amides is 1. The van der Waals surface area contributed by atoms with Gasteiger partial charge in [-0.15, -0.1) is 0 Å². The molecule has 6 N–H and O–H groups in total. The summed E-state index contributed by atoms with van der Waals surface area (Å²) in [5, 5.41) is 45.3. The number of ketones is 2. The van der Waals surface area contributed by atoms with Crippen molar-refractivity contribution >= 4 is 23.2 Å². The Kier molecular flexibility index (Phi) is 7.68. The number of Topliss-reactive ketones (excluding diaryl/α,β-unsaturated/α-hetero) is 2. The van der Waals surface area contributed by atoms with Gasteiger partial charge in [0.05, 0.1) is 5.56 Å². The second-order valence-electron chi connectivity index (χ2n) is 13.7. The molecule has 6 rings (SSSR count). The standard InChI is InChI=1S/C36H41NO7/c1-18(2)27-25-17-23-16-24-22(15-21-10-8-20(9-11-21)14-19-6-4-3-5-7-19)12-13-26(38)29(24)32(40)28(23)33(41)36(25,44)34(42)30(31(27)39)35(37)43/h3-7,12-13,18,20-21,23,25,27,38,40,42,44H,8-11,14-17H2,1-2H3,(H2,37,43)/t20?,21?,23-,25-,27-,36-/m0/s1. The van der Waals surface area contributed by atoms with Crippen LogP contribution in [0.5, 0.6) is 5.75 Å². The van der Waals surface area contributed by atoms with Gasteiger partial charge in [0.15, 0.2) is 11.4 Å². The first kappa shape index (κ1) is 30.1. The Bertz CT molecular complexity index is 1580. The number of rotatable bonds is 6. The number of aliphatic hydroxyl groups is 3. The van der Waals surface area contributed by atoms with Crippen molar-refractivity contribution in [1.29, 1.82) is 0 Å². The van der Waals surface area contributed by atoms with Crippen LogP contribution in [0.25, 0.3) is 5.76 Å². The van der Waals surface area contributed by atoms with E-state index in [2.05, 4.69) is 24.3 Å². The Morgan fingerprint density at radius 2 is 1.59 bits per heavy atom. The van der Waals surface area contributed by atoms with E-state index in [9.17, 15) is 34.8 Å². The van der Waals surface area contributed by atoms with Gasteiger partial charge in [-0.1, -0.05) is 50.2 Å². The molecule has 0 unspecified atom stereocenters. The van der Waals surface area contributed by atoms with Crippen LogP contribution in [0.15, 0.2) is 59.4 Å². The molecule has 1 amide bonds. The van der Waals surface area contributed by atoms with Gasteiger partial charge >= 0.3 is 0 Å². The molecular formula is C36H41NO7. The maximum atomic E-state index is 14.1. The SMILES string of the molecule is CC(C)[C@@H]1C(=O)C(C(N)=O)=C(O)[C@@]2(O)C(=O)C3=C(O)c4c(O)ccc(CC5CCC(Cc6ccccc6)CC5)c4C[C@H]3C[C@@H]12. The van der Waals surface area contributed by atoms with E-state index < -0.39 is 57.9 Å². The van der Waals surface area contributed by atoms with Crippen LogP contribution in [0.3, 0.4) is 0 Å². The predicted molar refractivity (Wildman–Crippen MR) is 164 cm³/mol. The average Bonchev–Trinajstić information content (AvgIpc) is 2.97. The lowest BCUT2D eigenvalue weighted by molar-refractivity contribution is -0.155. The summed E-state index contributed by atoms with van der Waals surface area (Å²) in [6.45, 7) is 3.52. The van der Waals surface area contributed by atoms with Crippen molar-refractivity contribution in [1.82, 2.24) is 0 Å². The molecule has 8 nitrogen and oxygen atoms in total. The van der Waals surface area contributed by atoms with Gasteiger partial charge in [-0.3, -0.25) is 14.4 Å². The number of hydrogen-bond acceptors (Lipinski definition) is 7. The first-order valence-electron chi connectivity index (χ1n) is 15.8. The molecule has 44 heavy (non-hydrogen) atoms. The van der Waals surface area contributed by atoms with Crippen molar-refractivity contribution in [3.05, 3.63) is 81.6 Å². The molecule has 4 aliphatic carbocycles. The highest BCUT2D eigenvalue weighted by Gasteiger charge is 2.64. The molecule has 0 spiro atoms. The number of phenols is 1. The molecule has 8 heteroatoms. The Labute approximate surface area is 257 Å². The maximum Gasteiger partial charge on any atom is 0.255 e. The summed E-state index contributed by atoms with van der Waals surface area (Å²) in [4.78, 5) is 39.6. The van der Waals surface area contributed by atoms with Crippen molar-refractivity contribution in [2.24, 2.45) is 41.2 Å². The van der Waals surface area contributed by atoms with Crippen LogP contribution in [-0.2, 0) is 33.6 Å². The van der Waals surface area contributed by atoms with Gasteiger partial charge in [0.2, 0.25) is 5.78 Å². The van der Waals surface area contributed by atoms with E-state index in [1.165, 1.54) is 11.6 Å². The van der Waals surface area contributed by atoms with Crippen LogP contribution in [0.4, 0.5) is 0 Å². The van der Waals surface area contributed by atoms with E-state index in [-0.39, 0.29) is 29.2 Å². The summed E-state index contributed by atoms with van der Waals surface area (Å²) in [5.74, 6) is -6.23. The molecule has 4 atom stereocenters. The molecule has 0 saturated heterocycles. The lowest BCUT2D eigenvalue weighted by Crippen LogP contribution is -2.62. The minimum Gasteiger partial charge on any atom is -0.508 e. The van der Waals surface area contributed by atoms with E-state index in [1.807, 2.05) is 12.1 Å². The zero-order valence-corrected chi connectivity index (χ0v) is 25.3. The van der Waals surface area contributed by atoms with Crippen molar-refractivity contribution in [2.75, 3.05) is 0 Å². The van der Waals surface area contributed by atoms with Gasteiger partial charge in [0.25, 0.3) is 5.91 Å². The first-order chi connectivity index (χ1) is 20.9. The normalized spacial score (nSPS) is 30.2. The topological polar surface area (TPSA) is 158 Å². The van der Waals surface area contributed by atoms with Crippen LogP contribution in [0.2, 0.25) is 0 Å². The number of carbonyl (C=O) groups excluding carboxylic acids is 3. The zero-order valence-electron chi connectivity index (χ0n) is 25.3. The van der Waals surface area contributed by atoms with Gasteiger partial charge in [0, 0.05) is 17.4 Å². The number of phenolic OH excluding ortho intramolecular Hbond substituents is 1. The molecule has 0 radical (unpaired) electrons. The average molecular weight is 600 g/mol. The summed E-state index contributed by atoms with van der Waals surface area (Å²) >= 11 is 0. The third-order valence-electron chi connectivity index (χ3n) is 10.8. The number of hydrogen-bond donors (Lipinski definition) is 5. The molecule has 2 saturated carbocycles. The Hall–Kier alpha value is -3.91. The molecule has 0 aromatic heterocycles. The summed E-state index contributed by atoms with van der Waals surface area (Å²) in [6, 6.07) is 14.0. The van der Waals surface area contributed by atoms with Gasteiger partial charge in [-0.25, -0.2) is 0 Å². The lowest BCUT2D eigenvalue weighted by Gasteiger charge is -2.50. The summed E-state index contributed by atoms with van der Waals surface area (Å²) in [5.41, 5.74) is 5.30. The Morgan fingerprint density at radius 3 is 2.20 bits per heavy atom. The number of carbonyl (C=O) groups is 3. The molecule has 2 fully saturated rings. The third kappa shape index (κ3) is 4.74. The second-order valence-corrected chi connectivity index (χ2v) is 13.7. The van der Waals surface area contributed by atoms with E-state index in [0.717, 1.165) is 49.7 Å². The zero-order chi connectivity index (χ0) is 31.5. The minimum absolute atomic E-state index is 0.0997.